The molecular weight excluding hydrogens is 230 g/mol. The Morgan fingerprint density at radius 1 is 1.17 bits per heavy atom. The molecule has 5 nitrogen and oxygen atoms in total. The van der Waals surface area contributed by atoms with Crippen LogP contribution in [0.5, 0.6) is 0 Å². The number of anilines is 2. The molecule has 0 unspecified atom stereocenters. The van der Waals surface area contributed by atoms with Crippen LogP contribution in [0.4, 0.5) is 11.4 Å². The first-order chi connectivity index (χ1) is 8.45. The van der Waals surface area contributed by atoms with Crippen molar-refractivity contribution in [2.45, 2.75) is 26.1 Å². The first-order valence-corrected chi connectivity index (χ1v) is 6.06. The molecule has 98 valence electrons. The highest BCUT2D eigenvalue weighted by Crippen LogP contribution is 2.18. The molecule has 0 bridgehead atoms. The zero-order valence-electron chi connectivity index (χ0n) is 10.7. The summed E-state index contributed by atoms with van der Waals surface area (Å²) in [4.78, 5) is 14.1. The Hall–Kier alpha value is -1.75. The van der Waals surface area contributed by atoms with Gasteiger partial charge in [0.25, 0.3) is 5.91 Å². The van der Waals surface area contributed by atoms with Gasteiger partial charge in [-0.1, -0.05) is 0 Å². The van der Waals surface area contributed by atoms with Crippen molar-refractivity contribution in [1.29, 1.82) is 0 Å². The summed E-state index contributed by atoms with van der Waals surface area (Å²) in [7, 11) is 0. The molecule has 2 rings (SSSR count). The van der Waals surface area contributed by atoms with E-state index in [1.54, 1.807) is 23.1 Å². The number of morpholine rings is 1. The van der Waals surface area contributed by atoms with Gasteiger partial charge in [-0.3, -0.25) is 4.79 Å². The number of hydrogen-bond acceptors (Lipinski definition) is 4. The van der Waals surface area contributed by atoms with Gasteiger partial charge in [0.05, 0.1) is 12.2 Å². The summed E-state index contributed by atoms with van der Waals surface area (Å²) in [5, 5.41) is 0. The Bertz CT molecular complexity index is 431. The van der Waals surface area contributed by atoms with Crippen LogP contribution in [-0.4, -0.2) is 36.1 Å². The Kier molecular flexibility index (Phi) is 3.43. The van der Waals surface area contributed by atoms with Crippen LogP contribution in [0.3, 0.4) is 0 Å². The lowest BCUT2D eigenvalue weighted by molar-refractivity contribution is -0.0586. The van der Waals surface area contributed by atoms with Crippen LogP contribution >= 0.6 is 0 Å². The van der Waals surface area contributed by atoms with E-state index in [0.717, 1.165) is 0 Å². The van der Waals surface area contributed by atoms with Gasteiger partial charge in [0.2, 0.25) is 0 Å². The van der Waals surface area contributed by atoms with Crippen molar-refractivity contribution in [3.63, 3.8) is 0 Å². The topological polar surface area (TPSA) is 81.6 Å². The second-order valence-electron chi connectivity index (χ2n) is 4.86. The SMILES string of the molecule is C[C@@H]1CN(C(=O)c2cc(N)cc(N)c2)C[C@H](C)O1. The highest BCUT2D eigenvalue weighted by Gasteiger charge is 2.26. The van der Waals surface area contributed by atoms with E-state index in [9.17, 15) is 4.79 Å². The lowest BCUT2D eigenvalue weighted by Crippen LogP contribution is -2.48. The normalized spacial score (nSPS) is 24.0. The average molecular weight is 249 g/mol. The van der Waals surface area contributed by atoms with E-state index in [-0.39, 0.29) is 18.1 Å². The first-order valence-electron chi connectivity index (χ1n) is 6.06. The minimum absolute atomic E-state index is 0.0454. The Labute approximate surface area is 107 Å². The van der Waals surface area contributed by atoms with Crippen molar-refractivity contribution < 1.29 is 9.53 Å². The van der Waals surface area contributed by atoms with Crippen LogP contribution in [-0.2, 0) is 4.74 Å². The maximum Gasteiger partial charge on any atom is 0.254 e. The fourth-order valence-corrected chi connectivity index (χ4v) is 2.33. The van der Waals surface area contributed by atoms with Crippen LogP contribution < -0.4 is 11.5 Å². The zero-order valence-corrected chi connectivity index (χ0v) is 10.7. The standard InChI is InChI=1S/C13H19N3O2/c1-8-6-16(7-9(2)18-8)13(17)10-3-11(14)5-12(15)4-10/h3-5,8-9H,6-7,14-15H2,1-2H3/t8-,9+. The molecule has 0 saturated carbocycles. The monoisotopic (exact) mass is 249 g/mol. The molecule has 1 fully saturated rings. The van der Waals surface area contributed by atoms with Crippen molar-refractivity contribution in [2.75, 3.05) is 24.6 Å². The van der Waals surface area contributed by atoms with Crippen molar-refractivity contribution in [1.82, 2.24) is 4.90 Å². The number of carbonyl (C=O) groups excluding carboxylic acids is 1. The molecule has 1 saturated heterocycles. The number of amides is 1. The molecule has 0 radical (unpaired) electrons. The Balaban J connectivity index is 2.20. The summed E-state index contributed by atoms with van der Waals surface area (Å²) in [6.07, 6.45) is 0.104. The molecule has 0 spiro atoms. The molecule has 1 amide bonds. The number of benzene rings is 1. The third-order valence-electron chi connectivity index (χ3n) is 2.93. The van der Waals surface area contributed by atoms with Crippen molar-refractivity contribution in [2.24, 2.45) is 0 Å². The average Bonchev–Trinajstić information content (AvgIpc) is 2.25. The largest absolute Gasteiger partial charge is 0.399 e. The number of rotatable bonds is 1. The molecule has 18 heavy (non-hydrogen) atoms. The Morgan fingerprint density at radius 2 is 1.67 bits per heavy atom. The fraction of sp³-hybridized carbons (Fsp3) is 0.462. The second-order valence-corrected chi connectivity index (χ2v) is 4.86. The lowest BCUT2D eigenvalue weighted by Gasteiger charge is -2.35. The lowest BCUT2D eigenvalue weighted by atomic mass is 10.1. The summed E-state index contributed by atoms with van der Waals surface area (Å²) in [5.74, 6) is -0.0454. The highest BCUT2D eigenvalue weighted by atomic mass is 16.5. The van der Waals surface area contributed by atoms with Crippen LogP contribution in [0.2, 0.25) is 0 Å². The summed E-state index contributed by atoms with van der Waals surface area (Å²) < 4.78 is 5.61. The van der Waals surface area contributed by atoms with Gasteiger partial charge in [0.15, 0.2) is 0 Å². The Morgan fingerprint density at radius 3 is 2.17 bits per heavy atom. The van der Waals surface area contributed by atoms with Gasteiger partial charge < -0.3 is 21.1 Å². The highest BCUT2D eigenvalue weighted by molar-refractivity contribution is 5.96. The summed E-state index contributed by atoms with van der Waals surface area (Å²) >= 11 is 0. The van der Waals surface area contributed by atoms with E-state index in [1.807, 2.05) is 13.8 Å². The van der Waals surface area contributed by atoms with Gasteiger partial charge in [-0.2, -0.15) is 0 Å². The number of carbonyl (C=O) groups is 1. The van der Waals surface area contributed by atoms with Gasteiger partial charge in [-0.25, -0.2) is 0 Å². The molecule has 1 aliphatic rings. The predicted octanol–water partition coefficient (Wildman–Crippen LogP) is 1.10. The van der Waals surface area contributed by atoms with Crippen molar-refractivity contribution in [3.05, 3.63) is 23.8 Å². The molecule has 2 atom stereocenters. The van der Waals surface area contributed by atoms with E-state index in [4.69, 9.17) is 16.2 Å². The summed E-state index contributed by atoms with van der Waals surface area (Å²) in [6, 6.07) is 4.95. The minimum atomic E-state index is -0.0454. The van der Waals surface area contributed by atoms with Gasteiger partial charge in [0, 0.05) is 30.0 Å². The molecule has 1 aromatic rings. The van der Waals surface area contributed by atoms with E-state index >= 15 is 0 Å². The van der Waals surface area contributed by atoms with Crippen LogP contribution in [0.15, 0.2) is 18.2 Å². The third kappa shape index (κ3) is 2.73. The van der Waals surface area contributed by atoms with E-state index < -0.39 is 0 Å². The maximum absolute atomic E-state index is 12.4. The number of ether oxygens (including phenoxy) is 1. The molecule has 0 aromatic heterocycles. The number of nitrogens with two attached hydrogens (primary N) is 2. The molecule has 1 aliphatic heterocycles. The maximum atomic E-state index is 12.4. The van der Waals surface area contributed by atoms with Crippen molar-refractivity contribution in [3.8, 4) is 0 Å². The number of nitrogens with zero attached hydrogens (tertiary/aromatic N) is 1. The first kappa shape index (κ1) is 12.7. The van der Waals surface area contributed by atoms with Gasteiger partial charge >= 0.3 is 0 Å². The van der Waals surface area contributed by atoms with Crippen LogP contribution in [0.1, 0.15) is 24.2 Å². The van der Waals surface area contributed by atoms with Gasteiger partial charge in [-0.15, -0.1) is 0 Å². The second kappa shape index (κ2) is 4.86. The molecule has 0 aliphatic carbocycles. The van der Waals surface area contributed by atoms with Gasteiger partial charge in [0.1, 0.15) is 0 Å². The van der Waals surface area contributed by atoms with Crippen LogP contribution in [0.25, 0.3) is 0 Å². The quantitative estimate of drug-likeness (QED) is 0.730. The molecule has 5 heteroatoms. The van der Waals surface area contributed by atoms with Gasteiger partial charge in [-0.05, 0) is 32.0 Å². The number of nitrogen functional groups attached to an aromatic ring is 2. The van der Waals surface area contributed by atoms with E-state index in [2.05, 4.69) is 0 Å². The molecule has 1 heterocycles. The van der Waals surface area contributed by atoms with E-state index in [0.29, 0.717) is 30.0 Å². The summed E-state index contributed by atoms with van der Waals surface area (Å²) in [5.41, 5.74) is 13.0. The number of hydrogen-bond donors (Lipinski definition) is 2. The zero-order chi connectivity index (χ0) is 13.3. The molecule has 1 aromatic carbocycles. The fourth-order valence-electron chi connectivity index (χ4n) is 2.33. The molecule has 4 N–H and O–H groups in total. The summed E-state index contributed by atoms with van der Waals surface area (Å²) in [6.45, 7) is 5.11. The third-order valence-corrected chi connectivity index (χ3v) is 2.93. The van der Waals surface area contributed by atoms with Crippen LogP contribution in [0, 0.1) is 0 Å². The minimum Gasteiger partial charge on any atom is -0.399 e. The van der Waals surface area contributed by atoms with Crippen molar-refractivity contribution >= 4 is 17.3 Å². The molecular formula is C13H19N3O2. The van der Waals surface area contributed by atoms with E-state index in [1.165, 1.54) is 0 Å². The predicted molar refractivity (Wildman–Crippen MR) is 71.2 cm³/mol. The smallest absolute Gasteiger partial charge is 0.254 e.